The molecule has 0 radical (unpaired) electrons. The van der Waals surface area contributed by atoms with Crippen LogP contribution in [-0.2, 0) is 4.79 Å². The van der Waals surface area contributed by atoms with Crippen molar-refractivity contribution in [2.75, 3.05) is 26.2 Å². The van der Waals surface area contributed by atoms with Gasteiger partial charge in [-0.25, -0.2) is 0 Å². The van der Waals surface area contributed by atoms with Gasteiger partial charge in [-0.3, -0.25) is 9.69 Å². The number of halogens is 3. The van der Waals surface area contributed by atoms with Crippen molar-refractivity contribution in [2.24, 2.45) is 5.92 Å². The molecule has 7 heteroatoms. The van der Waals surface area contributed by atoms with Gasteiger partial charge in [0.1, 0.15) is 0 Å². The lowest BCUT2D eigenvalue weighted by molar-refractivity contribution is -0.208. The van der Waals surface area contributed by atoms with Gasteiger partial charge in [0.15, 0.2) is 0 Å². The van der Waals surface area contributed by atoms with Crippen LogP contribution in [0.4, 0.5) is 13.2 Å². The zero-order valence-electron chi connectivity index (χ0n) is 15.9. The number of carbonyl (C=O) groups is 1. The van der Waals surface area contributed by atoms with Crippen LogP contribution >= 0.6 is 0 Å². The summed E-state index contributed by atoms with van der Waals surface area (Å²) >= 11 is 0. The first-order chi connectivity index (χ1) is 13.4. The topological polar surface area (TPSA) is 43.8 Å². The Labute approximate surface area is 163 Å². The second-order valence-electron chi connectivity index (χ2n) is 8.51. The van der Waals surface area contributed by atoms with Crippen LogP contribution in [0.5, 0.6) is 0 Å². The first-order valence-electron chi connectivity index (χ1n) is 10.1. The second-order valence-corrected chi connectivity index (χ2v) is 8.51. The Morgan fingerprint density at radius 1 is 1.14 bits per heavy atom. The smallest absolute Gasteiger partial charge is 0.390 e. The normalized spacial score (nSPS) is 27.6. The van der Waals surface area contributed by atoms with E-state index in [1.54, 1.807) is 4.90 Å². The highest BCUT2D eigenvalue weighted by molar-refractivity contribution is 5.82. The van der Waals surface area contributed by atoms with Gasteiger partial charge in [0, 0.05) is 31.5 Å². The Morgan fingerprint density at radius 3 is 2.36 bits per heavy atom. The molecule has 0 unspecified atom stereocenters. The van der Waals surface area contributed by atoms with Crippen LogP contribution in [0.2, 0.25) is 0 Å². The van der Waals surface area contributed by atoms with Crippen LogP contribution in [0.1, 0.15) is 43.6 Å². The molecule has 1 aromatic rings. The standard InChI is InChI=1S/C21H27F3N2O2/c22-21(23,24)10-11-25-13-20(14-25)18(15-6-2-1-3-7-15)17(12-27)26(20)19(28)16-8-4-5-9-16/h1-3,6-7,16-18,27H,4-5,8-14H2/t17-,18+/m0/s1. The largest absolute Gasteiger partial charge is 0.394 e. The quantitative estimate of drug-likeness (QED) is 0.832. The van der Waals surface area contributed by atoms with Crippen molar-refractivity contribution >= 4 is 5.91 Å². The third kappa shape index (κ3) is 3.32. The van der Waals surface area contributed by atoms with Crippen molar-refractivity contribution in [1.82, 2.24) is 9.80 Å². The molecule has 2 atom stereocenters. The molecule has 154 valence electrons. The van der Waals surface area contributed by atoms with Crippen molar-refractivity contribution in [2.45, 2.75) is 55.8 Å². The Bertz CT molecular complexity index is 697. The molecule has 1 saturated carbocycles. The number of amides is 1. The predicted octanol–water partition coefficient (Wildman–Crippen LogP) is 3.17. The van der Waals surface area contributed by atoms with E-state index in [1.807, 2.05) is 35.2 Å². The van der Waals surface area contributed by atoms with Crippen LogP contribution < -0.4 is 0 Å². The molecule has 4 nitrogen and oxygen atoms in total. The fraction of sp³-hybridized carbons (Fsp3) is 0.667. The van der Waals surface area contributed by atoms with Crippen molar-refractivity contribution in [3.05, 3.63) is 35.9 Å². The molecule has 2 heterocycles. The average Bonchev–Trinajstić information content (AvgIpc) is 3.14. The molecule has 1 spiro atoms. The number of benzene rings is 1. The molecule has 1 aliphatic carbocycles. The van der Waals surface area contributed by atoms with E-state index < -0.39 is 18.1 Å². The van der Waals surface area contributed by atoms with Crippen molar-refractivity contribution in [3.8, 4) is 0 Å². The number of nitrogens with zero attached hydrogens (tertiary/aromatic N) is 2. The molecular formula is C21H27F3N2O2. The lowest BCUT2D eigenvalue weighted by Gasteiger charge is -2.71. The van der Waals surface area contributed by atoms with E-state index in [9.17, 15) is 23.1 Å². The highest BCUT2D eigenvalue weighted by atomic mass is 19.4. The summed E-state index contributed by atoms with van der Waals surface area (Å²) in [5, 5.41) is 10.1. The first kappa shape index (κ1) is 19.7. The summed E-state index contributed by atoms with van der Waals surface area (Å²) in [7, 11) is 0. The van der Waals surface area contributed by atoms with Crippen molar-refractivity contribution < 1.29 is 23.1 Å². The highest BCUT2D eigenvalue weighted by Gasteiger charge is 2.67. The molecular weight excluding hydrogens is 369 g/mol. The molecule has 1 aromatic carbocycles. The van der Waals surface area contributed by atoms with Gasteiger partial charge in [0.2, 0.25) is 5.91 Å². The Hall–Kier alpha value is -1.60. The van der Waals surface area contributed by atoms with Gasteiger partial charge in [0.05, 0.1) is 24.6 Å². The lowest BCUT2D eigenvalue weighted by Crippen LogP contribution is -2.85. The summed E-state index contributed by atoms with van der Waals surface area (Å²) in [6.07, 6.45) is -1.18. The zero-order chi connectivity index (χ0) is 19.9. The number of likely N-dealkylation sites (tertiary alicyclic amines) is 2. The summed E-state index contributed by atoms with van der Waals surface area (Å²) in [4.78, 5) is 16.8. The van der Waals surface area contributed by atoms with Gasteiger partial charge in [-0.05, 0) is 18.4 Å². The van der Waals surface area contributed by atoms with Gasteiger partial charge >= 0.3 is 6.18 Å². The predicted molar refractivity (Wildman–Crippen MR) is 98.7 cm³/mol. The van der Waals surface area contributed by atoms with E-state index in [0.29, 0.717) is 13.1 Å². The number of carbonyl (C=O) groups excluding carboxylic acids is 1. The maximum absolute atomic E-state index is 13.2. The van der Waals surface area contributed by atoms with Gasteiger partial charge in [0.25, 0.3) is 0 Å². The lowest BCUT2D eigenvalue weighted by atomic mass is 9.60. The third-order valence-corrected chi connectivity index (χ3v) is 6.77. The van der Waals surface area contributed by atoms with Gasteiger partial charge in [-0.15, -0.1) is 0 Å². The number of aliphatic hydroxyl groups excluding tert-OH is 1. The molecule has 3 aliphatic rings. The minimum absolute atomic E-state index is 0.00752. The van der Waals surface area contributed by atoms with E-state index in [0.717, 1.165) is 31.2 Å². The highest BCUT2D eigenvalue weighted by Crippen LogP contribution is 2.55. The Balaban J connectivity index is 1.56. The first-order valence-corrected chi connectivity index (χ1v) is 10.1. The van der Waals surface area contributed by atoms with Crippen molar-refractivity contribution in [3.63, 3.8) is 0 Å². The zero-order valence-corrected chi connectivity index (χ0v) is 15.9. The number of hydrogen-bond acceptors (Lipinski definition) is 3. The molecule has 0 aromatic heterocycles. The van der Waals surface area contributed by atoms with E-state index in [1.165, 1.54) is 0 Å². The Kier molecular flexibility index (Phi) is 5.16. The minimum atomic E-state index is -4.17. The van der Waals surface area contributed by atoms with Crippen LogP contribution in [0.3, 0.4) is 0 Å². The van der Waals surface area contributed by atoms with Gasteiger partial charge in [-0.2, -0.15) is 13.2 Å². The van der Waals surface area contributed by atoms with E-state index >= 15 is 0 Å². The number of hydrogen-bond donors (Lipinski definition) is 1. The molecule has 3 fully saturated rings. The number of aliphatic hydroxyl groups is 1. The molecule has 1 amide bonds. The summed E-state index contributed by atoms with van der Waals surface area (Å²) < 4.78 is 37.8. The summed E-state index contributed by atoms with van der Waals surface area (Å²) in [6.45, 7) is 0.722. The molecule has 4 rings (SSSR count). The monoisotopic (exact) mass is 396 g/mol. The molecule has 0 bridgehead atoms. The SMILES string of the molecule is O=C(C1CCCC1)N1[C@@H](CO)[C@@H](c2ccccc2)C12CN(CCC(F)(F)F)C2. The molecule has 1 N–H and O–H groups in total. The number of alkyl halides is 3. The van der Waals surface area contributed by atoms with Crippen LogP contribution in [0, 0.1) is 5.92 Å². The van der Waals surface area contributed by atoms with Crippen LogP contribution in [0.15, 0.2) is 30.3 Å². The summed E-state index contributed by atoms with van der Waals surface area (Å²) in [6, 6.07) is 9.47. The molecule has 28 heavy (non-hydrogen) atoms. The Morgan fingerprint density at radius 2 is 1.79 bits per heavy atom. The van der Waals surface area contributed by atoms with E-state index in [4.69, 9.17) is 0 Å². The van der Waals surface area contributed by atoms with E-state index in [-0.39, 0.29) is 36.9 Å². The van der Waals surface area contributed by atoms with Crippen LogP contribution in [-0.4, -0.2) is 64.8 Å². The maximum atomic E-state index is 13.2. The summed E-state index contributed by atoms with van der Waals surface area (Å²) in [5.74, 6) is 0.0391. The summed E-state index contributed by atoms with van der Waals surface area (Å²) in [5.41, 5.74) is 0.563. The minimum Gasteiger partial charge on any atom is -0.394 e. The molecule has 2 aliphatic heterocycles. The maximum Gasteiger partial charge on any atom is 0.390 e. The van der Waals surface area contributed by atoms with E-state index in [2.05, 4.69) is 0 Å². The fourth-order valence-corrected chi connectivity index (χ4v) is 5.56. The molecule has 2 saturated heterocycles. The second kappa shape index (κ2) is 7.34. The van der Waals surface area contributed by atoms with Gasteiger partial charge in [-0.1, -0.05) is 43.2 Å². The number of rotatable bonds is 5. The average molecular weight is 396 g/mol. The third-order valence-electron chi connectivity index (χ3n) is 6.77. The fourth-order valence-electron chi connectivity index (χ4n) is 5.56. The van der Waals surface area contributed by atoms with Gasteiger partial charge < -0.3 is 10.0 Å². The van der Waals surface area contributed by atoms with Crippen LogP contribution in [0.25, 0.3) is 0 Å². The van der Waals surface area contributed by atoms with Crippen molar-refractivity contribution in [1.29, 1.82) is 0 Å².